The highest BCUT2D eigenvalue weighted by Gasteiger charge is 2.56. The first-order valence-corrected chi connectivity index (χ1v) is 8.03. The first kappa shape index (κ1) is 12.4. The van der Waals surface area contributed by atoms with Gasteiger partial charge in [0.1, 0.15) is 0 Å². The summed E-state index contributed by atoms with van der Waals surface area (Å²) in [6.45, 7) is 0. The van der Waals surface area contributed by atoms with Crippen LogP contribution in [0.15, 0.2) is 36.4 Å². The van der Waals surface area contributed by atoms with Crippen LogP contribution < -0.4 is 0 Å². The number of esters is 2. The zero-order valence-electron chi connectivity index (χ0n) is 12.1. The Morgan fingerprint density at radius 3 is 2.73 bits per heavy atom. The van der Waals surface area contributed by atoms with E-state index >= 15 is 0 Å². The van der Waals surface area contributed by atoms with E-state index in [1.165, 1.54) is 5.56 Å². The standard InChI is InChI=1S/C19H16O3/c20-18-16-13-7-3-6-12(13)14-9-8-10-4-1-2-5-11(10)15(14)17(16)19(21)22-18/h1-2,4-5,8-9,12-13,16-17H,3,6-7H2. The highest BCUT2D eigenvalue weighted by atomic mass is 16.6. The second kappa shape index (κ2) is 4.19. The third-order valence-corrected chi connectivity index (χ3v) is 5.83. The summed E-state index contributed by atoms with van der Waals surface area (Å²) in [4.78, 5) is 24.6. The van der Waals surface area contributed by atoms with Crippen molar-refractivity contribution in [3.05, 3.63) is 47.5 Å². The molecule has 0 radical (unpaired) electrons. The molecule has 110 valence electrons. The zero-order valence-corrected chi connectivity index (χ0v) is 12.1. The van der Waals surface area contributed by atoms with Crippen LogP contribution in [0.5, 0.6) is 0 Å². The van der Waals surface area contributed by atoms with Crippen LogP contribution in [0.1, 0.15) is 42.2 Å². The van der Waals surface area contributed by atoms with E-state index in [9.17, 15) is 9.59 Å². The summed E-state index contributed by atoms with van der Waals surface area (Å²) >= 11 is 0. The van der Waals surface area contributed by atoms with Crippen molar-refractivity contribution in [3.8, 4) is 0 Å². The second-order valence-corrected chi connectivity index (χ2v) is 6.73. The Labute approximate surface area is 128 Å². The van der Waals surface area contributed by atoms with Gasteiger partial charge in [-0.15, -0.1) is 0 Å². The minimum atomic E-state index is -0.395. The Balaban J connectivity index is 1.86. The van der Waals surface area contributed by atoms with Crippen LogP contribution in [0.25, 0.3) is 10.8 Å². The highest BCUT2D eigenvalue weighted by Crippen LogP contribution is 2.57. The van der Waals surface area contributed by atoms with Gasteiger partial charge in [0.05, 0.1) is 11.8 Å². The second-order valence-electron chi connectivity index (χ2n) is 6.73. The van der Waals surface area contributed by atoms with Gasteiger partial charge in [-0.05, 0) is 46.6 Å². The lowest BCUT2D eigenvalue weighted by Crippen LogP contribution is -2.32. The van der Waals surface area contributed by atoms with E-state index in [2.05, 4.69) is 24.3 Å². The van der Waals surface area contributed by atoms with Gasteiger partial charge in [-0.2, -0.15) is 0 Å². The van der Waals surface area contributed by atoms with Gasteiger partial charge in [0.15, 0.2) is 0 Å². The van der Waals surface area contributed by atoms with Crippen LogP contribution in [-0.2, 0) is 14.3 Å². The number of hydrogen-bond acceptors (Lipinski definition) is 3. The maximum atomic E-state index is 12.4. The lowest BCUT2D eigenvalue weighted by molar-refractivity contribution is -0.153. The van der Waals surface area contributed by atoms with Crippen molar-refractivity contribution in [2.24, 2.45) is 11.8 Å². The van der Waals surface area contributed by atoms with Gasteiger partial charge in [-0.25, -0.2) is 0 Å². The molecule has 2 fully saturated rings. The van der Waals surface area contributed by atoms with E-state index in [1.807, 2.05) is 12.1 Å². The zero-order chi connectivity index (χ0) is 14.8. The van der Waals surface area contributed by atoms with Crippen LogP contribution in [0.4, 0.5) is 0 Å². The average Bonchev–Trinajstić information content (AvgIpc) is 3.11. The van der Waals surface area contributed by atoms with Crippen LogP contribution in [-0.4, -0.2) is 11.9 Å². The minimum absolute atomic E-state index is 0.265. The highest BCUT2D eigenvalue weighted by molar-refractivity contribution is 6.04. The molecule has 0 spiro atoms. The third kappa shape index (κ3) is 1.41. The fourth-order valence-electron chi connectivity index (χ4n) is 5.02. The number of carbonyl (C=O) groups is 2. The summed E-state index contributed by atoms with van der Waals surface area (Å²) in [6.07, 6.45) is 3.27. The summed E-state index contributed by atoms with van der Waals surface area (Å²) < 4.78 is 5.04. The molecule has 3 nitrogen and oxygen atoms in total. The molecule has 5 rings (SSSR count). The molecule has 1 saturated heterocycles. The molecule has 2 aliphatic carbocycles. The molecule has 1 heterocycles. The topological polar surface area (TPSA) is 43.4 Å². The van der Waals surface area contributed by atoms with Crippen LogP contribution in [0.3, 0.4) is 0 Å². The van der Waals surface area contributed by atoms with Gasteiger partial charge in [-0.3, -0.25) is 9.59 Å². The summed E-state index contributed by atoms with van der Waals surface area (Å²) in [6, 6.07) is 12.5. The summed E-state index contributed by atoms with van der Waals surface area (Å²) in [7, 11) is 0. The number of hydrogen-bond donors (Lipinski definition) is 0. The molecule has 4 unspecified atom stereocenters. The maximum Gasteiger partial charge on any atom is 0.321 e. The predicted octanol–water partition coefficient (Wildman–Crippen LogP) is 3.52. The number of cyclic esters (lactones) is 2. The molecule has 0 aromatic heterocycles. The monoisotopic (exact) mass is 292 g/mol. The van der Waals surface area contributed by atoms with Crippen molar-refractivity contribution in [3.63, 3.8) is 0 Å². The van der Waals surface area contributed by atoms with Crippen LogP contribution in [0.2, 0.25) is 0 Å². The molecule has 1 saturated carbocycles. The van der Waals surface area contributed by atoms with Crippen LogP contribution in [0, 0.1) is 11.8 Å². The molecular formula is C19H16O3. The smallest absolute Gasteiger partial charge is 0.321 e. The number of carbonyl (C=O) groups excluding carboxylic acids is 2. The largest absolute Gasteiger partial charge is 0.392 e. The molecule has 3 heteroatoms. The first-order chi connectivity index (χ1) is 10.8. The number of fused-ring (bicyclic) bond motifs is 8. The molecule has 0 amide bonds. The molecule has 1 aliphatic heterocycles. The molecule has 4 atom stereocenters. The molecule has 22 heavy (non-hydrogen) atoms. The van der Waals surface area contributed by atoms with Gasteiger partial charge in [0, 0.05) is 0 Å². The van der Waals surface area contributed by atoms with Crippen molar-refractivity contribution in [1.29, 1.82) is 0 Å². The predicted molar refractivity (Wildman–Crippen MR) is 81.4 cm³/mol. The third-order valence-electron chi connectivity index (χ3n) is 5.83. The molecular weight excluding hydrogens is 276 g/mol. The fourth-order valence-corrected chi connectivity index (χ4v) is 5.02. The first-order valence-electron chi connectivity index (χ1n) is 8.03. The van der Waals surface area contributed by atoms with Crippen molar-refractivity contribution < 1.29 is 14.3 Å². The molecule has 2 aromatic rings. The quantitative estimate of drug-likeness (QED) is 0.551. The van der Waals surface area contributed by atoms with E-state index in [0.717, 1.165) is 35.6 Å². The fraction of sp³-hybridized carbons (Fsp3) is 0.368. The van der Waals surface area contributed by atoms with E-state index in [0.29, 0.717) is 5.92 Å². The van der Waals surface area contributed by atoms with Crippen LogP contribution >= 0.6 is 0 Å². The summed E-state index contributed by atoms with van der Waals surface area (Å²) in [5.41, 5.74) is 2.33. The molecule has 3 aliphatic rings. The van der Waals surface area contributed by atoms with Crippen molar-refractivity contribution >= 4 is 22.7 Å². The Morgan fingerprint density at radius 1 is 0.955 bits per heavy atom. The SMILES string of the molecule is O=C1OC(=O)C2C1c1c(ccc3ccccc13)C1CCCC12. The van der Waals surface area contributed by atoms with Gasteiger partial charge < -0.3 is 4.74 Å². The lowest BCUT2D eigenvalue weighted by atomic mass is 9.65. The van der Waals surface area contributed by atoms with E-state index in [-0.39, 0.29) is 23.8 Å². The summed E-state index contributed by atoms with van der Waals surface area (Å²) in [5, 5.41) is 2.23. The Kier molecular flexibility index (Phi) is 2.36. The number of ether oxygens (including phenoxy) is 1. The van der Waals surface area contributed by atoms with Crippen molar-refractivity contribution in [1.82, 2.24) is 0 Å². The summed E-state index contributed by atoms with van der Waals surface area (Å²) in [5.74, 6) is -0.633. The van der Waals surface area contributed by atoms with Gasteiger partial charge in [-0.1, -0.05) is 42.8 Å². The van der Waals surface area contributed by atoms with Crippen molar-refractivity contribution in [2.75, 3.05) is 0 Å². The average molecular weight is 292 g/mol. The van der Waals surface area contributed by atoms with Gasteiger partial charge in [0.2, 0.25) is 0 Å². The van der Waals surface area contributed by atoms with Crippen molar-refractivity contribution in [2.45, 2.75) is 31.1 Å². The minimum Gasteiger partial charge on any atom is -0.392 e. The van der Waals surface area contributed by atoms with Gasteiger partial charge >= 0.3 is 11.9 Å². The molecule has 0 N–H and O–H groups in total. The normalized spacial score (nSPS) is 32.5. The Hall–Kier alpha value is -2.16. The maximum absolute atomic E-state index is 12.4. The molecule has 2 aromatic carbocycles. The Bertz CT molecular complexity index is 823. The Morgan fingerprint density at radius 2 is 1.82 bits per heavy atom. The lowest BCUT2D eigenvalue weighted by Gasteiger charge is -2.35. The number of rotatable bonds is 0. The van der Waals surface area contributed by atoms with E-state index < -0.39 is 5.92 Å². The van der Waals surface area contributed by atoms with E-state index in [1.54, 1.807) is 0 Å². The number of benzene rings is 2. The molecule has 0 bridgehead atoms. The van der Waals surface area contributed by atoms with E-state index in [4.69, 9.17) is 4.74 Å². The van der Waals surface area contributed by atoms with Gasteiger partial charge in [0.25, 0.3) is 0 Å².